The quantitative estimate of drug-likeness (QED) is 0.701. The molecule has 2 atom stereocenters. The number of hydrogen-bond acceptors (Lipinski definition) is 4. The van der Waals surface area contributed by atoms with Gasteiger partial charge in [-0.05, 0) is 20.8 Å². The molecule has 0 spiro atoms. The average molecular weight is 279 g/mol. The number of nitrogens with one attached hydrogen (secondary N) is 2. The highest BCUT2D eigenvalue weighted by Crippen LogP contribution is 2.20. The first kappa shape index (κ1) is 15.6. The lowest BCUT2D eigenvalue weighted by atomic mass is 10.1. The number of terminal acetylenes is 1. The first-order valence-electron chi connectivity index (χ1n) is 6.02. The van der Waals surface area contributed by atoms with E-state index in [4.69, 9.17) is 16.1 Å². The summed E-state index contributed by atoms with van der Waals surface area (Å²) in [5.74, 6) is 1.63. The van der Waals surface area contributed by atoms with E-state index >= 15 is 0 Å². The van der Waals surface area contributed by atoms with Crippen molar-refractivity contribution in [2.24, 2.45) is 0 Å². The Bertz CT molecular complexity index is 525. The summed E-state index contributed by atoms with van der Waals surface area (Å²) in [6.45, 7) is 5.26. The molecule has 3 N–H and O–H groups in total. The maximum atomic E-state index is 11.8. The van der Waals surface area contributed by atoms with Gasteiger partial charge < -0.3 is 20.3 Å². The first-order valence-corrected chi connectivity index (χ1v) is 6.02. The number of carbonyl (C=O) groups is 2. The molecule has 0 saturated carbocycles. The summed E-state index contributed by atoms with van der Waals surface area (Å²) < 4.78 is 5.01. The highest BCUT2D eigenvalue weighted by atomic mass is 16.5. The SMILES string of the molecule is C#CCC(NC(=O)NC(C)c1c(C)noc1C)C(=O)O. The summed E-state index contributed by atoms with van der Waals surface area (Å²) in [5.41, 5.74) is 1.44. The van der Waals surface area contributed by atoms with Crippen LogP contribution in [0.4, 0.5) is 4.79 Å². The van der Waals surface area contributed by atoms with Gasteiger partial charge in [-0.3, -0.25) is 0 Å². The van der Waals surface area contributed by atoms with Gasteiger partial charge in [0.05, 0.1) is 11.7 Å². The molecule has 0 fully saturated rings. The molecule has 108 valence electrons. The lowest BCUT2D eigenvalue weighted by Gasteiger charge is -2.17. The normalized spacial score (nSPS) is 13.1. The van der Waals surface area contributed by atoms with Crippen LogP contribution in [0.3, 0.4) is 0 Å². The summed E-state index contributed by atoms with van der Waals surface area (Å²) in [6.07, 6.45) is 4.97. The molecule has 0 radical (unpaired) electrons. The van der Waals surface area contributed by atoms with Gasteiger partial charge in [-0.1, -0.05) is 5.16 Å². The minimum absolute atomic E-state index is 0.0809. The predicted octanol–water partition coefficient (Wildman–Crippen LogP) is 1.13. The van der Waals surface area contributed by atoms with E-state index in [1.54, 1.807) is 20.8 Å². The second kappa shape index (κ2) is 6.61. The summed E-state index contributed by atoms with van der Waals surface area (Å²) in [5, 5.41) is 17.6. The molecule has 0 aliphatic carbocycles. The Morgan fingerprint density at radius 2 is 2.10 bits per heavy atom. The number of nitrogens with zero attached hydrogens (tertiary/aromatic N) is 1. The molecular weight excluding hydrogens is 262 g/mol. The van der Waals surface area contributed by atoms with E-state index in [-0.39, 0.29) is 12.5 Å². The Labute approximate surface area is 116 Å². The van der Waals surface area contributed by atoms with E-state index in [1.807, 2.05) is 0 Å². The third-order valence-electron chi connectivity index (χ3n) is 2.79. The molecule has 1 aromatic rings. The smallest absolute Gasteiger partial charge is 0.327 e. The summed E-state index contributed by atoms with van der Waals surface area (Å²) in [6, 6.07) is -2.08. The van der Waals surface area contributed by atoms with Gasteiger partial charge in [0.15, 0.2) is 0 Å². The summed E-state index contributed by atoms with van der Waals surface area (Å²) in [4.78, 5) is 22.6. The Kier molecular flexibility index (Phi) is 5.15. The standard InChI is InChI=1S/C13H17N3O4/c1-5-6-10(12(17)18)15-13(19)14-7(2)11-8(3)16-20-9(11)4/h1,7,10H,6H2,2-4H3,(H,17,18)(H2,14,15,19). The summed E-state index contributed by atoms with van der Waals surface area (Å²) >= 11 is 0. The Hall–Kier alpha value is -2.49. The van der Waals surface area contributed by atoms with Crippen LogP contribution in [0.1, 0.15) is 36.4 Å². The predicted molar refractivity (Wildman–Crippen MR) is 70.9 cm³/mol. The fourth-order valence-electron chi connectivity index (χ4n) is 1.89. The molecule has 20 heavy (non-hydrogen) atoms. The number of carboxylic acids is 1. The van der Waals surface area contributed by atoms with Gasteiger partial charge in [0.1, 0.15) is 11.8 Å². The van der Waals surface area contributed by atoms with Gasteiger partial charge in [0, 0.05) is 12.0 Å². The monoisotopic (exact) mass is 279 g/mol. The van der Waals surface area contributed by atoms with Crippen molar-refractivity contribution in [1.82, 2.24) is 15.8 Å². The van der Waals surface area contributed by atoms with E-state index in [9.17, 15) is 9.59 Å². The average Bonchev–Trinajstić information content (AvgIpc) is 2.68. The largest absolute Gasteiger partial charge is 0.480 e. The lowest BCUT2D eigenvalue weighted by Crippen LogP contribution is -2.46. The number of urea groups is 1. The molecule has 0 aliphatic rings. The zero-order chi connectivity index (χ0) is 15.3. The van der Waals surface area contributed by atoms with Crippen LogP contribution in [0.25, 0.3) is 0 Å². The lowest BCUT2D eigenvalue weighted by molar-refractivity contribution is -0.139. The highest BCUT2D eigenvalue weighted by Gasteiger charge is 2.22. The van der Waals surface area contributed by atoms with Crippen molar-refractivity contribution < 1.29 is 19.2 Å². The maximum absolute atomic E-state index is 11.8. The van der Waals surface area contributed by atoms with Gasteiger partial charge in [-0.25, -0.2) is 9.59 Å². The van der Waals surface area contributed by atoms with Crippen LogP contribution in [-0.2, 0) is 4.79 Å². The Balaban J connectivity index is 2.67. The summed E-state index contributed by atoms with van der Waals surface area (Å²) in [7, 11) is 0. The van der Waals surface area contributed by atoms with Crippen molar-refractivity contribution in [1.29, 1.82) is 0 Å². The van der Waals surface area contributed by atoms with E-state index in [2.05, 4.69) is 21.7 Å². The number of carbonyl (C=O) groups excluding carboxylic acids is 1. The maximum Gasteiger partial charge on any atom is 0.327 e. The van der Waals surface area contributed by atoms with Crippen LogP contribution in [0.2, 0.25) is 0 Å². The van der Waals surface area contributed by atoms with Crippen LogP contribution in [-0.4, -0.2) is 28.3 Å². The number of carboxylic acid groups (broad SMARTS) is 1. The molecule has 7 heteroatoms. The van der Waals surface area contributed by atoms with Crippen molar-refractivity contribution in [3.05, 3.63) is 17.0 Å². The van der Waals surface area contributed by atoms with E-state index < -0.39 is 18.0 Å². The zero-order valence-corrected chi connectivity index (χ0v) is 11.6. The second-order valence-electron chi connectivity index (χ2n) is 4.38. The third-order valence-corrected chi connectivity index (χ3v) is 2.79. The van der Waals surface area contributed by atoms with Crippen LogP contribution in [0.5, 0.6) is 0 Å². The first-order chi connectivity index (χ1) is 9.36. The molecule has 1 heterocycles. The molecular formula is C13H17N3O4. The van der Waals surface area contributed by atoms with Crippen LogP contribution < -0.4 is 10.6 Å². The molecule has 1 rings (SSSR count). The fraction of sp³-hybridized carbons (Fsp3) is 0.462. The number of hydrogen-bond donors (Lipinski definition) is 3. The molecule has 0 bridgehead atoms. The fourth-order valence-corrected chi connectivity index (χ4v) is 1.89. The topological polar surface area (TPSA) is 104 Å². The van der Waals surface area contributed by atoms with Crippen molar-refractivity contribution in [3.63, 3.8) is 0 Å². The van der Waals surface area contributed by atoms with Crippen molar-refractivity contribution in [3.8, 4) is 12.3 Å². The second-order valence-corrected chi connectivity index (χ2v) is 4.38. The van der Waals surface area contributed by atoms with Crippen molar-refractivity contribution >= 4 is 12.0 Å². The molecule has 0 aromatic carbocycles. The van der Waals surface area contributed by atoms with E-state index in [0.717, 1.165) is 5.56 Å². The number of rotatable bonds is 5. The Morgan fingerprint density at radius 1 is 1.45 bits per heavy atom. The minimum Gasteiger partial charge on any atom is -0.480 e. The van der Waals surface area contributed by atoms with Gasteiger partial charge >= 0.3 is 12.0 Å². The molecule has 2 unspecified atom stereocenters. The molecule has 1 aromatic heterocycles. The van der Waals surface area contributed by atoms with Crippen LogP contribution in [0.15, 0.2) is 4.52 Å². The third kappa shape index (κ3) is 3.75. The van der Waals surface area contributed by atoms with Gasteiger partial charge in [0.25, 0.3) is 0 Å². The van der Waals surface area contributed by atoms with Crippen molar-refractivity contribution in [2.45, 2.75) is 39.3 Å². The Morgan fingerprint density at radius 3 is 2.55 bits per heavy atom. The van der Waals surface area contributed by atoms with Gasteiger partial charge in [-0.2, -0.15) is 0 Å². The minimum atomic E-state index is -1.18. The molecule has 0 saturated heterocycles. The van der Waals surface area contributed by atoms with E-state index in [0.29, 0.717) is 11.5 Å². The molecule has 7 nitrogen and oxygen atoms in total. The number of aliphatic carboxylic acids is 1. The number of aromatic nitrogens is 1. The van der Waals surface area contributed by atoms with Crippen molar-refractivity contribution in [2.75, 3.05) is 0 Å². The van der Waals surface area contributed by atoms with Gasteiger partial charge in [-0.15, -0.1) is 12.3 Å². The van der Waals surface area contributed by atoms with Crippen LogP contribution in [0, 0.1) is 26.2 Å². The highest BCUT2D eigenvalue weighted by molar-refractivity contribution is 5.82. The zero-order valence-electron chi connectivity index (χ0n) is 11.6. The number of amides is 2. The van der Waals surface area contributed by atoms with E-state index in [1.165, 1.54) is 0 Å². The molecule has 0 aliphatic heterocycles. The van der Waals surface area contributed by atoms with Gasteiger partial charge in [0.2, 0.25) is 0 Å². The molecule has 2 amide bonds. The van der Waals surface area contributed by atoms with Crippen LogP contribution >= 0.6 is 0 Å². The number of aryl methyl sites for hydroxylation is 2.